The smallest absolute Gasteiger partial charge is 0.237 e. The van der Waals surface area contributed by atoms with E-state index in [9.17, 15) is 4.79 Å². The monoisotopic (exact) mass is 199 g/mol. The van der Waals surface area contributed by atoms with E-state index in [2.05, 4.69) is 18.9 Å². The maximum Gasteiger partial charge on any atom is 0.237 e. The standard InChI is InChI=1S/C10H21N3O/c1-3-6-13(2)8-4-5-10(12,7-8)9(11)14/h8H,3-7,12H2,1-2H3,(H2,11,14). The van der Waals surface area contributed by atoms with Crippen molar-refractivity contribution in [2.75, 3.05) is 13.6 Å². The first-order valence-corrected chi connectivity index (χ1v) is 5.28. The fourth-order valence-corrected chi connectivity index (χ4v) is 2.18. The summed E-state index contributed by atoms with van der Waals surface area (Å²) in [5.41, 5.74) is 10.5. The van der Waals surface area contributed by atoms with Gasteiger partial charge in [0.15, 0.2) is 0 Å². The molecule has 1 amide bonds. The molecule has 4 nitrogen and oxygen atoms in total. The van der Waals surface area contributed by atoms with Crippen molar-refractivity contribution in [3.63, 3.8) is 0 Å². The van der Waals surface area contributed by atoms with Crippen LogP contribution in [0.4, 0.5) is 0 Å². The van der Waals surface area contributed by atoms with E-state index in [1.54, 1.807) is 0 Å². The van der Waals surface area contributed by atoms with Gasteiger partial charge in [0.25, 0.3) is 0 Å². The maximum absolute atomic E-state index is 11.1. The lowest BCUT2D eigenvalue weighted by molar-refractivity contribution is -0.123. The van der Waals surface area contributed by atoms with Gasteiger partial charge in [-0.15, -0.1) is 0 Å². The van der Waals surface area contributed by atoms with Crippen molar-refractivity contribution in [2.24, 2.45) is 11.5 Å². The third-order valence-electron chi connectivity index (χ3n) is 3.21. The molecule has 14 heavy (non-hydrogen) atoms. The molecule has 0 aliphatic heterocycles. The van der Waals surface area contributed by atoms with Crippen molar-refractivity contribution >= 4 is 5.91 Å². The molecule has 0 bridgehead atoms. The Morgan fingerprint density at radius 1 is 1.64 bits per heavy atom. The molecule has 1 aliphatic rings. The first-order chi connectivity index (χ1) is 6.49. The molecular formula is C10H21N3O. The predicted octanol–water partition coefficient (Wildman–Crippen LogP) is 0.0635. The Kier molecular flexibility index (Phi) is 3.50. The van der Waals surface area contributed by atoms with Crippen LogP contribution in [-0.2, 0) is 4.79 Å². The Balaban J connectivity index is 2.52. The normalized spacial score (nSPS) is 32.4. The quantitative estimate of drug-likeness (QED) is 0.672. The van der Waals surface area contributed by atoms with Crippen molar-refractivity contribution in [3.05, 3.63) is 0 Å². The molecule has 4 N–H and O–H groups in total. The Hall–Kier alpha value is -0.610. The number of nitrogens with two attached hydrogens (primary N) is 2. The fraction of sp³-hybridized carbons (Fsp3) is 0.900. The van der Waals surface area contributed by atoms with Crippen molar-refractivity contribution < 1.29 is 4.79 Å². The number of amides is 1. The zero-order chi connectivity index (χ0) is 10.8. The Morgan fingerprint density at radius 2 is 2.29 bits per heavy atom. The molecule has 0 spiro atoms. The number of carbonyl (C=O) groups is 1. The third-order valence-corrected chi connectivity index (χ3v) is 3.21. The van der Waals surface area contributed by atoms with Gasteiger partial charge in [0.05, 0.1) is 5.54 Å². The van der Waals surface area contributed by atoms with Crippen LogP contribution >= 0.6 is 0 Å². The van der Waals surface area contributed by atoms with E-state index in [1.165, 1.54) is 0 Å². The van der Waals surface area contributed by atoms with Gasteiger partial charge in [-0.1, -0.05) is 6.92 Å². The highest BCUT2D eigenvalue weighted by molar-refractivity contribution is 5.84. The van der Waals surface area contributed by atoms with Crippen LogP contribution < -0.4 is 11.5 Å². The van der Waals surface area contributed by atoms with E-state index in [-0.39, 0.29) is 5.91 Å². The minimum atomic E-state index is -0.757. The number of hydrogen-bond donors (Lipinski definition) is 2. The zero-order valence-electron chi connectivity index (χ0n) is 9.12. The van der Waals surface area contributed by atoms with Crippen LogP contribution in [0.3, 0.4) is 0 Å². The number of primary amides is 1. The van der Waals surface area contributed by atoms with Crippen LogP contribution in [0.15, 0.2) is 0 Å². The molecule has 2 atom stereocenters. The second-order valence-corrected chi connectivity index (χ2v) is 4.40. The van der Waals surface area contributed by atoms with Crippen LogP contribution in [0.5, 0.6) is 0 Å². The third kappa shape index (κ3) is 2.25. The van der Waals surface area contributed by atoms with Crippen molar-refractivity contribution in [1.29, 1.82) is 0 Å². The van der Waals surface area contributed by atoms with Crippen molar-refractivity contribution in [1.82, 2.24) is 4.90 Å². The summed E-state index contributed by atoms with van der Waals surface area (Å²) in [6, 6.07) is 0.424. The van der Waals surface area contributed by atoms with Crippen LogP contribution in [-0.4, -0.2) is 36.0 Å². The Bertz CT molecular complexity index is 219. The largest absolute Gasteiger partial charge is 0.368 e. The highest BCUT2D eigenvalue weighted by Crippen LogP contribution is 2.30. The summed E-state index contributed by atoms with van der Waals surface area (Å²) in [5.74, 6) is -0.357. The van der Waals surface area contributed by atoms with E-state index in [1.807, 2.05) is 0 Å². The van der Waals surface area contributed by atoms with E-state index in [0.717, 1.165) is 25.8 Å². The molecule has 0 saturated heterocycles. The molecule has 0 aromatic carbocycles. The van der Waals surface area contributed by atoms with Gasteiger partial charge in [0, 0.05) is 6.04 Å². The highest BCUT2D eigenvalue weighted by Gasteiger charge is 2.41. The lowest BCUT2D eigenvalue weighted by Gasteiger charge is -2.25. The summed E-state index contributed by atoms with van der Waals surface area (Å²) in [7, 11) is 2.08. The highest BCUT2D eigenvalue weighted by atomic mass is 16.1. The van der Waals surface area contributed by atoms with Crippen LogP contribution in [0.2, 0.25) is 0 Å². The molecule has 2 unspecified atom stereocenters. The van der Waals surface area contributed by atoms with Crippen LogP contribution in [0.25, 0.3) is 0 Å². The molecule has 1 fully saturated rings. The Morgan fingerprint density at radius 3 is 2.71 bits per heavy atom. The molecule has 0 heterocycles. The predicted molar refractivity (Wildman–Crippen MR) is 56.7 cm³/mol. The number of hydrogen-bond acceptors (Lipinski definition) is 3. The van der Waals surface area contributed by atoms with E-state index in [0.29, 0.717) is 12.5 Å². The fourth-order valence-electron chi connectivity index (χ4n) is 2.18. The summed E-state index contributed by atoms with van der Waals surface area (Å²) in [5, 5.41) is 0. The molecule has 0 aromatic heterocycles. The molecule has 4 heteroatoms. The van der Waals surface area contributed by atoms with Gasteiger partial charge in [-0.3, -0.25) is 4.79 Å². The van der Waals surface area contributed by atoms with E-state index in [4.69, 9.17) is 11.5 Å². The van der Waals surface area contributed by atoms with E-state index >= 15 is 0 Å². The second kappa shape index (κ2) is 4.28. The lowest BCUT2D eigenvalue weighted by atomic mass is 9.98. The molecule has 0 aromatic rings. The number of nitrogens with zero attached hydrogens (tertiary/aromatic N) is 1. The van der Waals surface area contributed by atoms with E-state index < -0.39 is 5.54 Å². The number of rotatable bonds is 4. The molecule has 0 radical (unpaired) electrons. The van der Waals surface area contributed by atoms with Gasteiger partial charge in [-0.25, -0.2) is 0 Å². The average molecular weight is 199 g/mol. The number of carbonyl (C=O) groups excluding carboxylic acids is 1. The van der Waals surface area contributed by atoms with Gasteiger partial charge in [-0.2, -0.15) is 0 Å². The maximum atomic E-state index is 11.1. The first kappa shape index (κ1) is 11.5. The van der Waals surface area contributed by atoms with Gasteiger partial charge in [0.2, 0.25) is 5.91 Å². The lowest BCUT2D eigenvalue weighted by Crippen LogP contribution is -2.51. The van der Waals surface area contributed by atoms with Crippen LogP contribution in [0, 0.1) is 0 Å². The zero-order valence-corrected chi connectivity index (χ0v) is 9.12. The van der Waals surface area contributed by atoms with Gasteiger partial charge in [-0.05, 0) is 39.3 Å². The summed E-state index contributed by atoms with van der Waals surface area (Å²) < 4.78 is 0. The summed E-state index contributed by atoms with van der Waals surface area (Å²) in [6.07, 6.45) is 3.54. The molecule has 1 rings (SSSR count). The summed E-state index contributed by atoms with van der Waals surface area (Å²) in [6.45, 7) is 3.20. The molecule has 1 saturated carbocycles. The first-order valence-electron chi connectivity index (χ1n) is 5.28. The van der Waals surface area contributed by atoms with Gasteiger partial charge in [0.1, 0.15) is 0 Å². The van der Waals surface area contributed by atoms with Gasteiger partial charge < -0.3 is 16.4 Å². The minimum absolute atomic E-state index is 0.357. The molecule has 1 aliphatic carbocycles. The average Bonchev–Trinajstić information content (AvgIpc) is 2.50. The van der Waals surface area contributed by atoms with Gasteiger partial charge >= 0.3 is 0 Å². The SMILES string of the molecule is CCCN(C)C1CCC(N)(C(N)=O)C1. The molecule has 82 valence electrons. The topological polar surface area (TPSA) is 72.3 Å². The van der Waals surface area contributed by atoms with Crippen molar-refractivity contribution in [2.45, 2.75) is 44.2 Å². The summed E-state index contributed by atoms with van der Waals surface area (Å²) in [4.78, 5) is 13.4. The minimum Gasteiger partial charge on any atom is -0.368 e. The molecular weight excluding hydrogens is 178 g/mol. The Labute approximate surface area is 85.6 Å². The second-order valence-electron chi connectivity index (χ2n) is 4.40. The summed E-state index contributed by atoms with van der Waals surface area (Å²) >= 11 is 0. The van der Waals surface area contributed by atoms with Crippen molar-refractivity contribution in [3.8, 4) is 0 Å². The van der Waals surface area contributed by atoms with Crippen LogP contribution in [0.1, 0.15) is 32.6 Å².